The first-order valence-electron chi connectivity index (χ1n) is 4.03. The largest absolute Gasteiger partial charge is 0.417 e. The molecular formula is C9H7F3N2S. The minimum atomic E-state index is -4.36. The van der Waals surface area contributed by atoms with Gasteiger partial charge >= 0.3 is 6.18 Å². The molecule has 15 heavy (non-hydrogen) atoms. The summed E-state index contributed by atoms with van der Waals surface area (Å²) in [7, 11) is 0. The first-order chi connectivity index (χ1) is 6.93. The molecule has 0 aliphatic carbocycles. The number of pyridine rings is 1. The van der Waals surface area contributed by atoms with Gasteiger partial charge < -0.3 is 0 Å². The average molecular weight is 232 g/mol. The third-order valence-corrected chi connectivity index (χ3v) is 2.48. The van der Waals surface area contributed by atoms with E-state index in [9.17, 15) is 13.2 Å². The fraction of sp³-hybridized carbons (Fsp3) is 0.333. The molecule has 0 aliphatic heterocycles. The summed E-state index contributed by atoms with van der Waals surface area (Å²) >= 11 is 1.12. The van der Waals surface area contributed by atoms with E-state index >= 15 is 0 Å². The Morgan fingerprint density at radius 1 is 1.47 bits per heavy atom. The molecule has 0 saturated carbocycles. The van der Waals surface area contributed by atoms with Crippen molar-refractivity contribution in [2.24, 2.45) is 0 Å². The third-order valence-electron chi connectivity index (χ3n) is 1.54. The predicted molar refractivity (Wildman–Crippen MR) is 50.2 cm³/mol. The van der Waals surface area contributed by atoms with Gasteiger partial charge in [-0.1, -0.05) is 11.8 Å². The van der Waals surface area contributed by atoms with Crippen molar-refractivity contribution in [3.63, 3.8) is 0 Å². The van der Waals surface area contributed by atoms with Gasteiger partial charge in [-0.2, -0.15) is 18.4 Å². The summed E-state index contributed by atoms with van der Waals surface area (Å²) in [4.78, 5) is 3.62. The molecule has 0 radical (unpaired) electrons. The zero-order chi connectivity index (χ0) is 11.5. The molecule has 1 heterocycles. The van der Waals surface area contributed by atoms with Gasteiger partial charge in [0.25, 0.3) is 0 Å². The van der Waals surface area contributed by atoms with Gasteiger partial charge in [0.15, 0.2) is 0 Å². The molecular weight excluding hydrogens is 225 g/mol. The summed E-state index contributed by atoms with van der Waals surface area (Å²) in [6, 6.07) is 4.18. The van der Waals surface area contributed by atoms with Gasteiger partial charge in [0.05, 0.1) is 21.9 Å². The van der Waals surface area contributed by atoms with Gasteiger partial charge in [0.1, 0.15) is 0 Å². The fourth-order valence-electron chi connectivity index (χ4n) is 0.825. The fourth-order valence-corrected chi connectivity index (χ4v) is 1.50. The average Bonchev–Trinajstić information content (AvgIpc) is 2.17. The van der Waals surface area contributed by atoms with Crippen molar-refractivity contribution in [3.8, 4) is 6.07 Å². The second-order valence-electron chi connectivity index (χ2n) is 2.77. The van der Waals surface area contributed by atoms with Gasteiger partial charge in [-0.3, -0.25) is 0 Å². The molecule has 1 rings (SSSR count). The minimum Gasteiger partial charge on any atom is -0.249 e. The van der Waals surface area contributed by atoms with Crippen LogP contribution >= 0.6 is 11.8 Å². The normalized spacial score (nSPS) is 13.3. The van der Waals surface area contributed by atoms with Crippen LogP contribution in [0.25, 0.3) is 0 Å². The van der Waals surface area contributed by atoms with Crippen LogP contribution in [0.15, 0.2) is 23.4 Å². The lowest BCUT2D eigenvalue weighted by molar-refractivity contribution is -0.137. The summed E-state index contributed by atoms with van der Waals surface area (Å²) in [5.74, 6) is 0. The molecule has 0 saturated heterocycles. The molecule has 0 bridgehead atoms. The summed E-state index contributed by atoms with van der Waals surface area (Å²) in [6.45, 7) is 1.66. The van der Waals surface area contributed by atoms with Crippen molar-refractivity contribution in [2.75, 3.05) is 0 Å². The quantitative estimate of drug-likeness (QED) is 0.735. The lowest BCUT2D eigenvalue weighted by atomic mass is 10.3. The number of hydrogen-bond donors (Lipinski definition) is 0. The van der Waals surface area contributed by atoms with E-state index in [0.717, 1.165) is 24.0 Å². The maximum absolute atomic E-state index is 12.1. The van der Waals surface area contributed by atoms with E-state index in [0.29, 0.717) is 5.03 Å². The van der Waals surface area contributed by atoms with Crippen LogP contribution in [0.2, 0.25) is 0 Å². The monoisotopic (exact) mass is 232 g/mol. The van der Waals surface area contributed by atoms with Crippen LogP contribution in [0, 0.1) is 11.3 Å². The first kappa shape index (κ1) is 11.9. The molecule has 0 N–H and O–H groups in total. The Balaban J connectivity index is 2.78. The SMILES string of the molecule is CC(C#N)Sc1ccc(C(F)(F)F)cn1. The standard InChI is InChI=1S/C9H7F3N2S/c1-6(4-13)15-8-3-2-7(5-14-8)9(10,11)12/h2-3,5-6H,1H3. The Bertz CT molecular complexity index is 366. The highest BCUT2D eigenvalue weighted by molar-refractivity contribution is 8.00. The van der Waals surface area contributed by atoms with E-state index in [4.69, 9.17) is 5.26 Å². The summed E-state index contributed by atoms with van der Waals surface area (Å²) in [5, 5.41) is 8.59. The molecule has 0 amide bonds. The van der Waals surface area contributed by atoms with Crippen molar-refractivity contribution in [3.05, 3.63) is 23.9 Å². The molecule has 6 heteroatoms. The van der Waals surface area contributed by atoms with E-state index in [1.54, 1.807) is 6.92 Å². The molecule has 2 nitrogen and oxygen atoms in total. The van der Waals surface area contributed by atoms with Gasteiger partial charge in [-0.15, -0.1) is 0 Å². The molecule has 0 spiro atoms. The summed E-state index contributed by atoms with van der Waals surface area (Å²) < 4.78 is 36.4. The Kier molecular flexibility index (Phi) is 3.58. The zero-order valence-corrected chi connectivity index (χ0v) is 8.56. The number of nitrogens with zero attached hydrogens (tertiary/aromatic N) is 2. The van der Waals surface area contributed by atoms with Gasteiger partial charge in [-0.05, 0) is 19.1 Å². The number of alkyl halides is 3. The maximum atomic E-state index is 12.1. The molecule has 80 valence electrons. The molecule has 1 atom stereocenters. The van der Waals surface area contributed by atoms with Gasteiger partial charge in [-0.25, -0.2) is 4.98 Å². The van der Waals surface area contributed by atoms with E-state index in [-0.39, 0.29) is 5.25 Å². The van der Waals surface area contributed by atoms with Crippen LogP contribution in [0.3, 0.4) is 0 Å². The zero-order valence-electron chi connectivity index (χ0n) is 7.75. The lowest BCUT2D eigenvalue weighted by Crippen LogP contribution is -2.05. The molecule has 1 aromatic rings. The highest BCUT2D eigenvalue weighted by atomic mass is 32.2. The van der Waals surface area contributed by atoms with Crippen LogP contribution in [-0.2, 0) is 6.18 Å². The number of thioether (sulfide) groups is 1. The number of halogens is 3. The van der Waals surface area contributed by atoms with Gasteiger partial charge in [0.2, 0.25) is 0 Å². The second-order valence-corrected chi connectivity index (χ2v) is 4.13. The number of nitriles is 1. The van der Waals surface area contributed by atoms with Crippen molar-refractivity contribution in [1.29, 1.82) is 5.26 Å². The second kappa shape index (κ2) is 4.53. The van der Waals surface area contributed by atoms with E-state index in [2.05, 4.69) is 4.98 Å². The van der Waals surface area contributed by atoms with Crippen LogP contribution in [0.5, 0.6) is 0 Å². The van der Waals surface area contributed by atoms with E-state index in [1.165, 1.54) is 6.07 Å². The van der Waals surface area contributed by atoms with Crippen molar-refractivity contribution in [2.45, 2.75) is 23.4 Å². The van der Waals surface area contributed by atoms with Crippen LogP contribution < -0.4 is 0 Å². The Morgan fingerprint density at radius 2 is 2.13 bits per heavy atom. The molecule has 1 aromatic heterocycles. The smallest absolute Gasteiger partial charge is 0.249 e. The highest BCUT2D eigenvalue weighted by Crippen LogP contribution is 2.30. The van der Waals surface area contributed by atoms with Crippen LogP contribution in [0.1, 0.15) is 12.5 Å². The van der Waals surface area contributed by atoms with Crippen LogP contribution in [-0.4, -0.2) is 10.2 Å². The van der Waals surface area contributed by atoms with Crippen molar-refractivity contribution in [1.82, 2.24) is 4.98 Å². The number of aromatic nitrogens is 1. The number of rotatable bonds is 2. The highest BCUT2D eigenvalue weighted by Gasteiger charge is 2.30. The predicted octanol–water partition coefficient (Wildman–Crippen LogP) is 3.10. The van der Waals surface area contributed by atoms with E-state index < -0.39 is 11.7 Å². The number of hydrogen-bond acceptors (Lipinski definition) is 3. The Morgan fingerprint density at radius 3 is 2.53 bits per heavy atom. The third kappa shape index (κ3) is 3.44. The Hall–Kier alpha value is -1.22. The molecule has 0 aromatic carbocycles. The molecule has 0 fully saturated rings. The Labute approximate surface area is 89.1 Å². The van der Waals surface area contributed by atoms with Crippen LogP contribution in [0.4, 0.5) is 13.2 Å². The maximum Gasteiger partial charge on any atom is 0.417 e. The first-order valence-corrected chi connectivity index (χ1v) is 4.91. The van der Waals surface area contributed by atoms with Crippen molar-refractivity contribution >= 4 is 11.8 Å². The van der Waals surface area contributed by atoms with E-state index in [1.807, 2.05) is 6.07 Å². The van der Waals surface area contributed by atoms with Gasteiger partial charge in [0, 0.05) is 6.20 Å². The molecule has 0 aliphatic rings. The summed E-state index contributed by atoms with van der Waals surface area (Å²) in [5.41, 5.74) is -0.781. The lowest BCUT2D eigenvalue weighted by Gasteiger charge is -2.06. The molecule has 1 unspecified atom stereocenters. The summed E-state index contributed by atoms with van der Waals surface area (Å²) in [6.07, 6.45) is -3.59. The van der Waals surface area contributed by atoms with Crippen molar-refractivity contribution < 1.29 is 13.2 Å². The topological polar surface area (TPSA) is 36.7 Å². The minimum absolute atomic E-state index is 0.325.